The number of hydrogen-bond acceptors (Lipinski definition) is 4. The minimum Gasteiger partial charge on any atom is -0.408 e. The lowest BCUT2D eigenvalue weighted by atomic mass is 10.00. The van der Waals surface area contributed by atoms with Gasteiger partial charge in [-0.15, -0.1) is 0 Å². The maximum absolute atomic E-state index is 13.2. The van der Waals surface area contributed by atoms with Gasteiger partial charge in [0.25, 0.3) is 5.91 Å². The molecule has 29 heavy (non-hydrogen) atoms. The van der Waals surface area contributed by atoms with Crippen LogP contribution in [-0.4, -0.2) is 20.8 Å². The van der Waals surface area contributed by atoms with E-state index in [9.17, 15) is 9.59 Å². The molecule has 0 bridgehead atoms. The third kappa shape index (κ3) is 3.12. The summed E-state index contributed by atoms with van der Waals surface area (Å²) in [5.41, 5.74) is 5.91. The molecule has 1 aliphatic rings. The van der Waals surface area contributed by atoms with Crippen LogP contribution in [0.3, 0.4) is 0 Å². The fraction of sp³-hybridized carbons (Fsp3) is 0.174. The predicted octanol–water partition coefficient (Wildman–Crippen LogP) is 3.76. The fourth-order valence-electron chi connectivity index (χ4n) is 4.04. The van der Waals surface area contributed by atoms with Crippen molar-refractivity contribution in [3.05, 3.63) is 99.3 Å². The van der Waals surface area contributed by atoms with Crippen molar-refractivity contribution in [1.82, 2.24) is 14.9 Å². The first-order valence-corrected chi connectivity index (χ1v) is 9.52. The minimum atomic E-state index is -0.481. The number of oxazole rings is 1. The smallest absolute Gasteiger partial charge is 0.408 e. The van der Waals surface area contributed by atoms with Gasteiger partial charge in [-0.25, -0.2) is 4.79 Å². The van der Waals surface area contributed by atoms with Gasteiger partial charge in [0.1, 0.15) is 0 Å². The molecular weight excluding hydrogens is 366 g/mol. The summed E-state index contributed by atoms with van der Waals surface area (Å²) in [6.07, 6.45) is 2.45. The van der Waals surface area contributed by atoms with E-state index < -0.39 is 5.76 Å². The Labute approximate surface area is 166 Å². The highest BCUT2D eigenvalue weighted by molar-refractivity contribution is 5.99. The maximum Gasteiger partial charge on any atom is 0.417 e. The van der Waals surface area contributed by atoms with E-state index in [0.717, 1.165) is 27.9 Å². The summed E-state index contributed by atoms with van der Waals surface area (Å²) in [5, 5.41) is 0. The van der Waals surface area contributed by atoms with Gasteiger partial charge in [0.15, 0.2) is 5.58 Å². The molecule has 6 heteroatoms. The summed E-state index contributed by atoms with van der Waals surface area (Å²) < 4.78 is 5.17. The van der Waals surface area contributed by atoms with Crippen molar-refractivity contribution in [3.63, 3.8) is 0 Å². The Balaban J connectivity index is 1.51. The van der Waals surface area contributed by atoms with Gasteiger partial charge in [0, 0.05) is 30.4 Å². The first-order valence-electron chi connectivity index (χ1n) is 9.52. The molecular formula is C23H19N3O3. The lowest BCUT2D eigenvalue weighted by Crippen LogP contribution is -2.29. The second-order valence-electron chi connectivity index (χ2n) is 7.41. The van der Waals surface area contributed by atoms with E-state index in [1.165, 1.54) is 0 Å². The Hall–Kier alpha value is -3.67. The van der Waals surface area contributed by atoms with Crippen molar-refractivity contribution in [1.29, 1.82) is 0 Å². The highest BCUT2D eigenvalue weighted by atomic mass is 16.4. The number of H-pyrrole nitrogens is 1. The average molecular weight is 385 g/mol. The largest absolute Gasteiger partial charge is 0.417 e. The molecule has 1 unspecified atom stereocenters. The van der Waals surface area contributed by atoms with E-state index in [1.54, 1.807) is 12.3 Å². The van der Waals surface area contributed by atoms with Crippen LogP contribution in [0.2, 0.25) is 0 Å². The van der Waals surface area contributed by atoms with Crippen LogP contribution in [0.5, 0.6) is 0 Å². The second-order valence-corrected chi connectivity index (χ2v) is 7.41. The lowest BCUT2D eigenvalue weighted by Gasteiger charge is -2.25. The molecule has 2 aromatic carbocycles. The molecule has 0 spiro atoms. The van der Waals surface area contributed by atoms with Gasteiger partial charge in [0.05, 0.1) is 11.6 Å². The first-order chi connectivity index (χ1) is 14.1. The van der Waals surface area contributed by atoms with Crippen LogP contribution in [0.25, 0.3) is 11.1 Å². The van der Waals surface area contributed by atoms with E-state index >= 15 is 0 Å². The van der Waals surface area contributed by atoms with Gasteiger partial charge in [-0.2, -0.15) is 0 Å². The zero-order valence-corrected chi connectivity index (χ0v) is 15.9. The molecule has 4 aromatic rings. The van der Waals surface area contributed by atoms with Crippen molar-refractivity contribution in [2.75, 3.05) is 0 Å². The monoisotopic (exact) mass is 385 g/mol. The van der Waals surface area contributed by atoms with Crippen LogP contribution in [0, 0.1) is 6.92 Å². The first kappa shape index (κ1) is 17.4. The number of benzene rings is 2. The SMILES string of the molecule is Cc1ccnc(CC2c3ccccc3C(=O)N2Cc2ccc3[nH]c(=O)oc3c2)c1. The molecule has 1 amide bonds. The third-order valence-corrected chi connectivity index (χ3v) is 5.40. The highest BCUT2D eigenvalue weighted by Gasteiger charge is 2.36. The molecule has 1 N–H and O–H groups in total. The number of pyridine rings is 1. The molecule has 0 saturated heterocycles. The van der Waals surface area contributed by atoms with Crippen LogP contribution < -0.4 is 5.76 Å². The zero-order valence-electron chi connectivity index (χ0n) is 15.9. The van der Waals surface area contributed by atoms with Crippen molar-refractivity contribution in [3.8, 4) is 0 Å². The van der Waals surface area contributed by atoms with Crippen molar-refractivity contribution < 1.29 is 9.21 Å². The van der Waals surface area contributed by atoms with Crippen LogP contribution in [-0.2, 0) is 13.0 Å². The number of rotatable bonds is 4. The number of nitrogens with zero attached hydrogens (tertiary/aromatic N) is 2. The number of amides is 1. The summed E-state index contributed by atoms with van der Waals surface area (Å²) in [4.78, 5) is 33.6. The summed E-state index contributed by atoms with van der Waals surface area (Å²) in [6.45, 7) is 2.46. The van der Waals surface area contributed by atoms with Gasteiger partial charge < -0.3 is 9.32 Å². The Morgan fingerprint density at radius 2 is 1.97 bits per heavy atom. The number of hydrogen-bond donors (Lipinski definition) is 1. The number of carbonyl (C=O) groups excluding carboxylic acids is 1. The molecule has 1 aliphatic heterocycles. The van der Waals surface area contributed by atoms with Gasteiger partial charge in [-0.3, -0.25) is 14.8 Å². The summed E-state index contributed by atoms with van der Waals surface area (Å²) in [5.74, 6) is -0.473. The minimum absolute atomic E-state index is 0.00821. The Morgan fingerprint density at radius 3 is 2.83 bits per heavy atom. The van der Waals surface area contributed by atoms with Crippen LogP contribution in [0.4, 0.5) is 0 Å². The molecule has 5 rings (SSSR count). The molecule has 3 heterocycles. The number of aryl methyl sites for hydroxylation is 1. The van der Waals surface area contributed by atoms with Gasteiger partial charge in [-0.1, -0.05) is 24.3 Å². The van der Waals surface area contributed by atoms with Crippen LogP contribution >= 0.6 is 0 Å². The average Bonchev–Trinajstić information content (AvgIpc) is 3.20. The Bertz CT molecular complexity index is 1290. The quantitative estimate of drug-likeness (QED) is 0.580. The van der Waals surface area contributed by atoms with Crippen molar-refractivity contribution in [2.24, 2.45) is 0 Å². The third-order valence-electron chi connectivity index (χ3n) is 5.40. The number of fused-ring (bicyclic) bond motifs is 2. The topological polar surface area (TPSA) is 79.2 Å². The number of aromatic nitrogens is 2. The number of nitrogens with one attached hydrogen (secondary N) is 1. The van der Waals surface area contributed by atoms with Crippen LogP contribution in [0.15, 0.2) is 70.0 Å². The van der Waals surface area contributed by atoms with E-state index in [1.807, 2.05) is 54.3 Å². The summed E-state index contributed by atoms with van der Waals surface area (Å²) in [6, 6.07) is 17.2. The Morgan fingerprint density at radius 1 is 1.10 bits per heavy atom. The van der Waals surface area contributed by atoms with E-state index in [2.05, 4.69) is 16.0 Å². The number of aromatic amines is 1. The molecule has 0 saturated carbocycles. The standard InChI is InChI=1S/C23H19N3O3/c1-14-8-9-24-16(10-14)12-20-17-4-2-3-5-18(17)22(27)26(20)13-15-6-7-19-21(11-15)29-23(28)25-19/h2-11,20H,12-13H2,1H3,(H,25,28). The van der Waals surface area contributed by atoms with Gasteiger partial charge >= 0.3 is 5.76 Å². The fourth-order valence-corrected chi connectivity index (χ4v) is 4.04. The zero-order chi connectivity index (χ0) is 20.0. The summed E-state index contributed by atoms with van der Waals surface area (Å²) in [7, 11) is 0. The highest BCUT2D eigenvalue weighted by Crippen LogP contribution is 2.37. The molecule has 6 nitrogen and oxygen atoms in total. The van der Waals surface area contributed by atoms with Gasteiger partial charge in [-0.05, 0) is 53.9 Å². The Kier molecular flexibility index (Phi) is 4.05. The van der Waals surface area contributed by atoms with Crippen molar-refractivity contribution in [2.45, 2.75) is 25.9 Å². The van der Waals surface area contributed by atoms with Crippen LogP contribution in [0.1, 0.15) is 38.8 Å². The van der Waals surface area contributed by atoms with E-state index in [-0.39, 0.29) is 11.9 Å². The molecule has 0 fully saturated rings. The lowest BCUT2D eigenvalue weighted by molar-refractivity contribution is 0.0708. The molecule has 144 valence electrons. The van der Waals surface area contributed by atoms with Gasteiger partial charge in [0.2, 0.25) is 0 Å². The molecule has 0 radical (unpaired) electrons. The molecule has 2 aromatic heterocycles. The second kappa shape index (κ2) is 6.74. The molecule has 1 atom stereocenters. The molecule has 0 aliphatic carbocycles. The predicted molar refractivity (Wildman–Crippen MR) is 109 cm³/mol. The number of carbonyl (C=O) groups is 1. The normalized spacial score (nSPS) is 15.8. The van der Waals surface area contributed by atoms with Crippen molar-refractivity contribution >= 4 is 17.0 Å². The summed E-state index contributed by atoms with van der Waals surface area (Å²) >= 11 is 0. The van der Waals surface area contributed by atoms with E-state index in [0.29, 0.717) is 24.1 Å². The van der Waals surface area contributed by atoms with E-state index in [4.69, 9.17) is 4.42 Å². The maximum atomic E-state index is 13.2.